The SMILES string of the molecule is CCC(C)NCCOCCOCCOCCNC(=O)Cc1ccc(SSC(C)OCCCCOC(=O)NCC#CC(C)C)cc1. The first-order chi connectivity index (χ1) is 21.8. The first-order valence-corrected chi connectivity index (χ1v) is 18.2. The van der Waals surface area contributed by atoms with E-state index < -0.39 is 6.09 Å². The first-order valence-electron chi connectivity index (χ1n) is 16.0. The summed E-state index contributed by atoms with van der Waals surface area (Å²) >= 11 is 0. The second-order valence-corrected chi connectivity index (χ2v) is 13.1. The Labute approximate surface area is 278 Å². The molecule has 0 saturated carbocycles. The highest BCUT2D eigenvalue weighted by Crippen LogP contribution is 2.35. The number of ether oxygens (including phenoxy) is 5. The van der Waals surface area contributed by atoms with Crippen LogP contribution in [0.5, 0.6) is 0 Å². The largest absolute Gasteiger partial charge is 0.450 e. The van der Waals surface area contributed by atoms with E-state index in [1.165, 1.54) is 0 Å². The second kappa shape index (κ2) is 28.3. The molecular formula is C33H55N3O7S2. The fourth-order valence-electron chi connectivity index (χ4n) is 3.43. The van der Waals surface area contributed by atoms with E-state index in [-0.39, 0.29) is 17.3 Å². The molecule has 0 heterocycles. The van der Waals surface area contributed by atoms with Crippen LogP contribution in [0.4, 0.5) is 4.79 Å². The number of carbonyl (C=O) groups is 2. The summed E-state index contributed by atoms with van der Waals surface area (Å²) in [6.45, 7) is 16.1. The van der Waals surface area contributed by atoms with E-state index in [4.69, 9.17) is 23.7 Å². The van der Waals surface area contributed by atoms with Crippen molar-refractivity contribution in [2.45, 2.75) is 76.7 Å². The van der Waals surface area contributed by atoms with Crippen molar-refractivity contribution in [3.63, 3.8) is 0 Å². The molecule has 0 saturated heterocycles. The highest BCUT2D eigenvalue weighted by atomic mass is 33.1. The van der Waals surface area contributed by atoms with Crippen molar-refractivity contribution in [1.82, 2.24) is 16.0 Å². The summed E-state index contributed by atoms with van der Waals surface area (Å²) in [6.07, 6.45) is 2.53. The fraction of sp³-hybridized carbons (Fsp3) is 0.697. The van der Waals surface area contributed by atoms with Gasteiger partial charge in [0.2, 0.25) is 5.91 Å². The molecule has 3 N–H and O–H groups in total. The van der Waals surface area contributed by atoms with Gasteiger partial charge in [0.15, 0.2) is 0 Å². The zero-order valence-electron chi connectivity index (χ0n) is 27.8. The molecular weight excluding hydrogens is 615 g/mol. The average Bonchev–Trinajstić information content (AvgIpc) is 3.02. The molecule has 2 unspecified atom stereocenters. The molecule has 0 spiro atoms. The van der Waals surface area contributed by atoms with Crippen LogP contribution in [-0.4, -0.2) is 96.0 Å². The minimum absolute atomic E-state index is 0.0129. The number of benzene rings is 1. The van der Waals surface area contributed by atoms with E-state index in [1.54, 1.807) is 21.6 Å². The predicted octanol–water partition coefficient (Wildman–Crippen LogP) is 5.05. The standard InChI is InChI=1S/C33H55N3O7S2/c1-6-28(4)34-16-20-39-22-24-41-25-23-40-21-17-35-32(37)26-30-11-13-31(14-12-30)45-44-29(5)42-18-7-8-19-43-33(38)36-15-9-10-27(2)3/h11-14,27-29,34H,6-8,15-26H2,1-5H3,(H,35,37)(H,36,38). The van der Waals surface area contributed by atoms with Crippen molar-refractivity contribution < 1.29 is 33.3 Å². The Morgan fingerprint density at radius 1 is 0.822 bits per heavy atom. The van der Waals surface area contributed by atoms with Gasteiger partial charge in [0.05, 0.1) is 59.2 Å². The molecule has 0 aliphatic rings. The van der Waals surface area contributed by atoms with Gasteiger partial charge in [-0.2, -0.15) is 0 Å². The van der Waals surface area contributed by atoms with Crippen LogP contribution in [0.2, 0.25) is 0 Å². The Morgan fingerprint density at radius 3 is 2.13 bits per heavy atom. The van der Waals surface area contributed by atoms with Gasteiger partial charge < -0.3 is 39.6 Å². The average molecular weight is 670 g/mol. The molecule has 256 valence electrons. The van der Waals surface area contributed by atoms with Gasteiger partial charge in [-0.25, -0.2) is 4.79 Å². The zero-order chi connectivity index (χ0) is 33.0. The summed E-state index contributed by atoms with van der Waals surface area (Å²) in [5, 5.41) is 8.88. The van der Waals surface area contributed by atoms with Crippen LogP contribution in [0.3, 0.4) is 0 Å². The third-order valence-electron chi connectivity index (χ3n) is 6.07. The Balaban J connectivity index is 1.99. The lowest BCUT2D eigenvalue weighted by Gasteiger charge is -2.12. The second-order valence-electron chi connectivity index (χ2n) is 10.6. The summed E-state index contributed by atoms with van der Waals surface area (Å²) < 4.78 is 27.5. The molecule has 12 heteroatoms. The van der Waals surface area contributed by atoms with Gasteiger partial charge >= 0.3 is 6.09 Å². The molecule has 0 aliphatic heterocycles. The van der Waals surface area contributed by atoms with E-state index in [1.807, 2.05) is 45.0 Å². The van der Waals surface area contributed by atoms with Crippen molar-refractivity contribution in [1.29, 1.82) is 0 Å². The molecule has 1 aromatic carbocycles. The highest BCUT2D eigenvalue weighted by Gasteiger charge is 2.07. The molecule has 0 aromatic heterocycles. The van der Waals surface area contributed by atoms with E-state index in [0.29, 0.717) is 78.4 Å². The van der Waals surface area contributed by atoms with Crippen molar-refractivity contribution in [2.24, 2.45) is 5.92 Å². The normalized spacial score (nSPS) is 12.3. The predicted molar refractivity (Wildman–Crippen MR) is 183 cm³/mol. The minimum Gasteiger partial charge on any atom is -0.450 e. The smallest absolute Gasteiger partial charge is 0.407 e. The lowest BCUT2D eigenvalue weighted by atomic mass is 10.1. The number of unbranched alkanes of at least 4 members (excludes halogenated alkanes) is 1. The monoisotopic (exact) mass is 669 g/mol. The number of amides is 2. The molecule has 0 bridgehead atoms. The van der Waals surface area contributed by atoms with Gasteiger partial charge in [0.1, 0.15) is 5.44 Å². The van der Waals surface area contributed by atoms with E-state index in [0.717, 1.165) is 36.3 Å². The molecule has 0 radical (unpaired) electrons. The van der Waals surface area contributed by atoms with Gasteiger partial charge in [-0.1, -0.05) is 66.3 Å². The number of hydrogen-bond donors (Lipinski definition) is 3. The molecule has 1 rings (SSSR count). The molecule has 2 amide bonds. The van der Waals surface area contributed by atoms with Crippen LogP contribution in [0.15, 0.2) is 29.2 Å². The molecule has 1 aromatic rings. The van der Waals surface area contributed by atoms with Crippen LogP contribution in [0.25, 0.3) is 0 Å². The summed E-state index contributed by atoms with van der Waals surface area (Å²) in [5.41, 5.74) is 0.969. The van der Waals surface area contributed by atoms with Crippen LogP contribution in [0.1, 0.15) is 59.4 Å². The van der Waals surface area contributed by atoms with Crippen molar-refractivity contribution in [3.05, 3.63) is 29.8 Å². The van der Waals surface area contributed by atoms with Crippen LogP contribution in [-0.2, 0) is 34.9 Å². The lowest BCUT2D eigenvalue weighted by Crippen LogP contribution is -2.29. The number of alkyl carbamates (subject to hydrolysis) is 1. The van der Waals surface area contributed by atoms with Crippen molar-refractivity contribution in [2.75, 3.05) is 72.5 Å². The van der Waals surface area contributed by atoms with Crippen LogP contribution >= 0.6 is 21.6 Å². The van der Waals surface area contributed by atoms with Crippen LogP contribution in [0, 0.1) is 17.8 Å². The van der Waals surface area contributed by atoms with E-state index in [2.05, 4.69) is 41.6 Å². The van der Waals surface area contributed by atoms with Gasteiger partial charge in [0.25, 0.3) is 0 Å². The summed E-state index contributed by atoms with van der Waals surface area (Å²) in [6, 6.07) is 8.49. The first kappa shape index (κ1) is 41.0. The lowest BCUT2D eigenvalue weighted by molar-refractivity contribution is -0.120. The number of hydrogen-bond acceptors (Lipinski definition) is 10. The van der Waals surface area contributed by atoms with Crippen molar-refractivity contribution in [3.8, 4) is 11.8 Å². The molecule has 45 heavy (non-hydrogen) atoms. The van der Waals surface area contributed by atoms with E-state index in [9.17, 15) is 9.59 Å². The van der Waals surface area contributed by atoms with Crippen LogP contribution < -0.4 is 16.0 Å². The zero-order valence-corrected chi connectivity index (χ0v) is 29.5. The topological polar surface area (TPSA) is 116 Å². The summed E-state index contributed by atoms with van der Waals surface area (Å²) in [7, 11) is 3.27. The Kier molecular flexibility index (Phi) is 25.8. The molecule has 0 fully saturated rings. The Morgan fingerprint density at radius 2 is 1.47 bits per heavy atom. The number of carbonyl (C=O) groups excluding carboxylic acids is 2. The fourth-order valence-corrected chi connectivity index (χ4v) is 5.31. The van der Waals surface area contributed by atoms with Gasteiger partial charge in [-0.3, -0.25) is 4.79 Å². The van der Waals surface area contributed by atoms with E-state index >= 15 is 0 Å². The maximum Gasteiger partial charge on any atom is 0.407 e. The number of nitrogens with one attached hydrogen (secondary N) is 3. The maximum absolute atomic E-state index is 12.3. The highest BCUT2D eigenvalue weighted by molar-refractivity contribution is 8.76. The molecule has 10 nitrogen and oxygen atoms in total. The number of rotatable bonds is 26. The minimum atomic E-state index is -0.443. The Hall–Kier alpha value is -1.98. The van der Waals surface area contributed by atoms with Crippen molar-refractivity contribution >= 4 is 33.6 Å². The summed E-state index contributed by atoms with van der Waals surface area (Å²) in [5.74, 6) is 6.11. The summed E-state index contributed by atoms with van der Waals surface area (Å²) in [4.78, 5) is 24.9. The quantitative estimate of drug-likeness (QED) is 0.0536. The maximum atomic E-state index is 12.3. The van der Waals surface area contributed by atoms with Gasteiger partial charge in [0, 0.05) is 36.6 Å². The molecule has 2 atom stereocenters. The third kappa shape index (κ3) is 25.9. The van der Waals surface area contributed by atoms with Gasteiger partial charge in [-0.05, 0) is 50.8 Å². The third-order valence-corrected chi connectivity index (χ3v) is 8.72. The van der Waals surface area contributed by atoms with Gasteiger partial charge in [-0.15, -0.1) is 0 Å². The molecule has 0 aliphatic carbocycles. The Bertz CT molecular complexity index is 958.